The molecule has 7 heteroatoms. The third-order valence-electron chi connectivity index (χ3n) is 5.90. The number of anilines is 1. The highest BCUT2D eigenvalue weighted by Gasteiger charge is 2.24. The lowest BCUT2D eigenvalue weighted by molar-refractivity contribution is 0.0950. The Morgan fingerprint density at radius 3 is 2.55 bits per heavy atom. The topological polar surface area (TPSA) is 74.7 Å². The molecule has 0 aliphatic carbocycles. The maximum Gasteiger partial charge on any atom is 0.255 e. The lowest BCUT2D eigenvalue weighted by Crippen LogP contribution is -2.38. The van der Waals surface area contributed by atoms with Gasteiger partial charge in [-0.25, -0.2) is 4.98 Å². The monoisotopic (exact) mass is 463 g/mol. The minimum Gasteiger partial charge on any atom is -0.496 e. The predicted octanol–water partition coefficient (Wildman–Crippen LogP) is 4.37. The number of para-hydroxylation sites is 1. The van der Waals surface area contributed by atoms with Crippen LogP contribution in [-0.4, -0.2) is 48.6 Å². The number of carbonyl (C=O) groups excluding carboxylic acids is 1. The molecule has 0 saturated carbocycles. The number of hydrogen-bond acceptors (Lipinski definition) is 6. The summed E-state index contributed by atoms with van der Waals surface area (Å²) in [6.07, 6.45) is 3.08. The van der Waals surface area contributed by atoms with Crippen LogP contribution in [0, 0.1) is 0 Å². The number of amides is 1. The minimum absolute atomic E-state index is 0.182. The van der Waals surface area contributed by atoms with E-state index in [4.69, 9.17) is 9.72 Å². The fourth-order valence-corrected chi connectivity index (χ4v) is 4.39. The molecule has 1 amide bonds. The number of ether oxygens (including phenoxy) is 1. The standard InChI is InChI=1S/C26H29N3O3S/c1-32-24-6-4-3-5-19(24)17-27-26(31)22-11-12-23(18-7-9-21(33-2)10-8-18)28-25(22)29-15-13-20(30)14-16-29/h3-12,20,30H,13-17H2,1-2H3,(H,27,31). The van der Waals surface area contributed by atoms with Crippen LogP contribution in [0.1, 0.15) is 28.8 Å². The van der Waals surface area contributed by atoms with Crippen molar-refractivity contribution in [3.05, 3.63) is 71.8 Å². The molecule has 2 heterocycles. The van der Waals surface area contributed by atoms with Crippen LogP contribution in [0.15, 0.2) is 65.6 Å². The Morgan fingerprint density at radius 2 is 1.85 bits per heavy atom. The van der Waals surface area contributed by atoms with Gasteiger partial charge >= 0.3 is 0 Å². The maximum absolute atomic E-state index is 13.2. The fourth-order valence-electron chi connectivity index (χ4n) is 3.99. The second kappa shape index (κ2) is 10.7. The van der Waals surface area contributed by atoms with Gasteiger partial charge in [-0.1, -0.05) is 30.3 Å². The van der Waals surface area contributed by atoms with Gasteiger partial charge in [-0.05, 0) is 49.4 Å². The summed E-state index contributed by atoms with van der Waals surface area (Å²) in [7, 11) is 1.62. The molecular weight excluding hydrogens is 434 g/mol. The molecule has 172 valence electrons. The Morgan fingerprint density at radius 1 is 1.12 bits per heavy atom. The third kappa shape index (κ3) is 5.49. The lowest BCUT2D eigenvalue weighted by atomic mass is 10.1. The van der Waals surface area contributed by atoms with Crippen molar-refractivity contribution < 1.29 is 14.6 Å². The van der Waals surface area contributed by atoms with Crippen LogP contribution in [0.4, 0.5) is 5.82 Å². The van der Waals surface area contributed by atoms with Gasteiger partial charge in [0.1, 0.15) is 11.6 Å². The third-order valence-corrected chi connectivity index (χ3v) is 6.65. The van der Waals surface area contributed by atoms with Gasteiger partial charge in [-0.2, -0.15) is 0 Å². The second-order valence-corrected chi connectivity index (χ2v) is 8.89. The fraction of sp³-hybridized carbons (Fsp3) is 0.308. The molecule has 1 saturated heterocycles. The van der Waals surface area contributed by atoms with E-state index in [1.165, 1.54) is 4.90 Å². The number of nitrogens with zero attached hydrogens (tertiary/aromatic N) is 2. The zero-order valence-corrected chi connectivity index (χ0v) is 19.8. The average molecular weight is 464 g/mol. The number of methoxy groups -OCH3 is 1. The number of aliphatic hydroxyl groups excluding tert-OH is 1. The van der Waals surface area contributed by atoms with Crippen molar-refractivity contribution in [2.24, 2.45) is 0 Å². The molecule has 0 radical (unpaired) electrons. The molecule has 1 fully saturated rings. The van der Waals surface area contributed by atoms with E-state index in [1.54, 1.807) is 18.9 Å². The van der Waals surface area contributed by atoms with Crippen LogP contribution in [0.2, 0.25) is 0 Å². The molecule has 3 aromatic rings. The molecule has 6 nitrogen and oxygen atoms in total. The Hall–Kier alpha value is -3.03. The molecule has 1 aliphatic heterocycles. The van der Waals surface area contributed by atoms with Crippen LogP contribution in [0.3, 0.4) is 0 Å². The molecule has 2 N–H and O–H groups in total. The summed E-state index contributed by atoms with van der Waals surface area (Å²) in [6.45, 7) is 1.69. The summed E-state index contributed by atoms with van der Waals surface area (Å²) in [5.74, 6) is 1.22. The summed E-state index contributed by atoms with van der Waals surface area (Å²) >= 11 is 1.70. The van der Waals surface area contributed by atoms with Crippen molar-refractivity contribution in [2.45, 2.75) is 30.4 Å². The molecule has 0 spiro atoms. The van der Waals surface area contributed by atoms with E-state index in [1.807, 2.05) is 36.4 Å². The van der Waals surface area contributed by atoms with E-state index < -0.39 is 0 Å². The van der Waals surface area contributed by atoms with Crippen molar-refractivity contribution in [2.75, 3.05) is 31.4 Å². The van der Waals surface area contributed by atoms with E-state index in [2.05, 4.69) is 40.7 Å². The SMILES string of the molecule is COc1ccccc1CNC(=O)c1ccc(-c2ccc(SC)cc2)nc1N1CCC(O)CC1. The van der Waals surface area contributed by atoms with Gasteiger partial charge in [0.15, 0.2) is 0 Å². The molecule has 0 bridgehead atoms. The molecule has 0 atom stereocenters. The summed E-state index contributed by atoms with van der Waals surface area (Å²) in [6, 6.07) is 19.7. The Bertz CT molecular complexity index is 1100. The van der Waals surface area contributed by atoms with Gasteiger partial charge in [0.25, 0.3) is 5.91 Å². The van der Waals surface area contributed by atoms with Gasteiger partial charge in [-0.3, -0.25) is 4.79 Å². The van der Waals surface area contributed by atoms with Crippen molar-refractivity contribution in [3.63, 3.8) is 0 Å². The van der Waals surface area contributed by atoms with Crippen molar-refractivity contribution in [3.8, 4) is 17.0 Å². The van der Waals surface area contributed by atoms with Crippen LogP contribution in [-0.2, 0) is 6.54 Å². The van der Waals surface area contributed by atoms with E-state index in [-0.39, 0.29) is 12.0 Å². The maximum atomic E-state index is 13.2. The number of carbonyl (C=O) groups is 1. The van der Waals surface area contributed by atoms with E-state index in [0.717, 1.165) is 22.6 Å². The Balaban J connectivity index is 1.62. The molecule has 0 unspecified atom stereocenters. The number of aromatic nitrogens is 1. The number of pyridine rings is 1. The average Bonchev–Trinajstić information content (AvgIpc) is 2.87. The molecule has 4 rings (SSSR count). The van der Waals surface area contributed by atoms with Crippen molar-refractivity contribution in [1.29, 1.82) is 0 Å². The molecular formula is C26H29N3O3S. The van der Waals surface area contributed by atoms with Gasteiger partial charge in [0, 0.05) is 35.7 Å². The van der Waals surface area contributed by atoms with Gasteiger partial charge in [-0.15, -0.1) is 11.8 Å². The van der Waals surface area contributed by atoms with Crippen molar-refractivity contribution >= 4 is 23.5 Å². The zero-order chi connectivity index (χ0) is 23.2. The summed E-state index contributed by atoms with van der Waals surface area (Å²) in [5, 5.41) is 13.0. The normalized spacial score (nSPS) is 14.2. The highest BCUT2D eigenvalue weighted by molar-refractivity contribution is 7.98. The Labute approximate surface area is 199 Å². The first-order valence-corrected chi connectivity index (χ1v) is 12.3. The quantitative estimate of drug-likeness (QED) is 0.507. The van der Waals surface area contributed by atoms with Crippen LogP contribution >= 0.6 is 11.8 Å². The van der Waals surface area contributed by atoms with Gasteiger partial charge in [0.05, 0.1) is 24.5 Å². The molecule has 33 heavy (non-hydrogen) atoms. The number of piperidine rings is 1. The lowest BCUT2D eigenvalue weighted by Gasteiger charge is -2.32. The molecule has 1 aromatic heterocycles. The number of benzene rings is 2. The van der Waals surface area contributed by atoms with E-state index in [0.29, 0.717) is 43.9 Å². The first-order chi connectivity index (χ1) is 16.1. The zero-order valence-electron chi connectivity index (χ0n) is 19.0. The minimum atomic E-state index is -0.300. The number of nitrogens with one attached hydrogen (secondary N) is 1. The molecule has 1 aliphatic rings. The van der Waals surface area contributed by atoms with Gasteiger partial charge < -0.3 is 20.1 Å². The van der Waals surface area contributed by atoms with Crippen LogP contribution in [0.25, 0.3) is 11.3 Å². The van der Waals surface area contributed by atoms with Crippen molar-refractivity contribution in [1.82, 2.24) is 10.3 Å². The van der Waals surface area contributed by atoms with Crippen LogP contribution < -0.4 is 15.0 Å². The highest BCUT2D eigenvalue weighted by Crippen LogP contribution is 2.28. The summed E-state index contributed by atoms with van der Waals surface area (Å²) in [4.78, 5) is 21.4. The number of aliphatic hydroxyl groups is 1. The Kier molecular flexibility index (Phi) is 7.52. The van der Waals surface area contributed by atoms with E-state index in [9.17, 15) is 9.90 Å². The smallest absolute Gasteiger partial charge is 0.255 e. The van der Waals surface area contributed by atoms with Crippen LogP contribution in [0.5, 0.6) is 5.75 Å². The second-order valence-electron chi connectivity index (χ2n) is 8.01. The largest absolute Gasteiger partial charge is 0.496 e. The number of thioether (sulfide) groups is 1. The summed E-state index contributed by atoms with van der Waals surface area (Å²) in [5.41, 5.74) is 3.28. The van der Waals surface area contributed by atoms with E-state index >= 15 is 0 Å². The van der Waals surface area contributed by atoms with Gasteiger partial charge in [0.2, 0.25) is 0 Å². The first-order valence-electron chi connectivity index (χ1n) is 11.1. The number of hydrogen-bond donors (Lipinski definition) is 2. The first kappa shape index (κ1) is 23.1. The molecule has 2 aromatic carbocycles. The predicted molar refractivity (Wildman–Crippen MR) is 133 cm³/mol. The number of rotatable bonds is 7. The summed E-state index contributed by atoms with van der Waals surface area (Å²) < 4.78 is 5.40. The highest BCUT2D eigenvalue weighted by atomic mass is 32.2.